The molecule has 2 aromatic carbocycles. The fourth-order valence-corrected chi connectivity index (χ4v) is 5.80. The van der Waals surface area contributed by atoms with E-state index in [1.807, 2.05) is 6.92 Å². The highest BCUT2D eigenvalue weighted by Gasteiger charge is 2.42. The first-order valence-corrected chi connectivity index (χ1v) is 14.9. The van der Waals surface area contributed by atoms with E-state index in [0.717, 1.165) is 5.47 Å². The maximum Gasteiger partial charge on any atom is 0.415 e. The molecule has 3 rings (SSSR count). The Bertz CT molecular complexity index is 1150. The number of para-hydroxylation sites is 2. The predicted molar refractivity (Wildman–Crippen MR) is 173 cm³/mol. The zero-order chi connectivity index (χ0) is 29.7. The van der Waals surface area contributed by atoms with Crippen LogP contribution in [-0.2, 0) is 9.53 Å². The quantitative estimate of drug-likeness (QED) is 0.123. The molecule has 2 aromatic rings. The van der Waals surface area contributed by atoms with Gasteiger partial charge in [0, 0.05) is 29.3 Å². The van der Waals surface area contributed by atoms with E-state index in [9.17, 15) is 4.79 Å². The lowest BCUT2D eigenvalue weighted by Gasteiger charge is -2.37. The van der Waals surface area contributed by atoms with Crippen molar-refractivity contribution in [2.45, 2.75) is 99.3 Å². The van der Waals surface area contributed by atoms with Crippen molar-refractivity contribution in [2.24, 2.45) is 0 Å². The molecule has 0 bridgehead atoms. The lowest BCUT2D eigenvalue weighted by Crippen LogP contribution is -2.47. The zero-order valence-corrected chi connectivity index (χ0v) is 26.4. The van der Waals surface area contributed by atoms with E-state index in [1.165, 1.54) is 33.6 Å². The van der Waals surface area contributed by atoms with Gasteiger partial charge in [0.1, 0.15) is 0 Å². The molecule has 0 atom stereocenters. The normalized spacial score (nSPS) is 14.2. The van der Waals surface area contributed by atoms with Crippen molar-refractivity contribution in [3.63, 3.8) is 0 Å². The van der Waals surface area contributed by atoms with Gasteiger partial charge in [-0.2, -0.15) is 0 Å². The van der Waals surface area contributed by atoms with Gasteiger partial charge in [0.05, 0.1) is 6.61 Å². The first-order chi connectivity index (χ1) is 19.0. The summed E-state index contributed by atoms with van der Waals surface area (Å²) in [5.74, 6) is 1.09. The fourth-order valence-electron chi connectivity index (χ4n) is 5.80. The molecule has 1 heterocycles. The molecule has 0 aliphatic carbocycles. The maximum atomic E-state index is 13.3. The van der Waals surface area contributed by atoms with Crippen LogP contribution in [0.1, 0.15) is 122 Å². The highest BCUT2D eigenvalue weighted by atomic mass is 16.5. The van der Waals surface area contributed by atoms with Crippen LogP contribution in [0.25, 0.3) is 0 Å². The molecule has 0 N–H and O–H groups in total. The van der Waals surface area contributed by atoms with Gasteiger partial charge >= 0.3 is 13.0 Å². The number of ether oxygens (including phenoxy) is 1. The molecule has 5 heteroatoms. The molecule has 0 unspecified atom stereocenters. The molecule has 0 amide bonds. The third-order valence-electron chi connectivity index (χ3n) is 7.85. The van der Waals surface area contributed by atoms with E-state index in [-0.39, 0.29) is 13.0 Å². The zero-order valence-electron chi connectivity index (χ0n) is 26.4. The van der Waals surface area contributed by atoms with E-state index in [1.54, 1.807) is 6.08 Å². The van der Waals surface area contributed by atoms with Crippen LogP contribution < -0.4 is 9.62 Å². The minimum absolute atomic E-state index is 0.228. The Hall–Kier alpha value is -3.21. The summed E-state index contributed by atoms with van der Waals surface area (Å²) in [5, 5.41) is 0. The topological polar surface area (TPSA) is 32.8 Å². The van der Waals surface area contributed by atoms with Crippen LogP contribution in [0.2, 0.25) is 0 Å². The summed E-state index contributed by atoms with van der Waals surface area (Å²) < 4.78 is 5.56. The second-order valence-electron chi connectivity index (χ2n) is 12.1. The first kappa shape index (κ1) is 31.3. The molecular formula is C35H49BN2O2. The van der Waals surface area contributed by atoms with Gasteiger partial charge in [0.15, 0.2) is 0 Å². The molecule has 1 aliphatic rings. The van der Waals surface area contributed by atoms with Gasteiger partial charge in [-0.3, -0.25) is 0 Å². The lowest BCUT2D eigenvalue weighted by molar-refractivity contribution is -0.138. The van der Waals surface area contributed by atoms with Gasteiger partial charge in [-0.15, -0.1) is 6.58 Å². The van der Waals surface area contributed by atoms with Crippen LogP contribution in [-0.4, -0.2) is 19.6 Å². The smallest absolute Gasteiger partial charge is 0.415 e. The predicted octanol–water partition coefficient (Wildman–Crippen LogP) is 9.46. The Morgan fingerprint density at radius 1 is 0.800 bits per heavy atom. The van der Waals surface area contributed by atoms with Crippen LogP contribution in [0.15, 0.2) is 72.5 Å². The van der Waals surface area contributed by atoms with Crippen molar-refractivity contribution in [1.29, 1.82) is 0 Å². The van der Waals surface area contributed by atoms with Crippen molar-refractivity contribution >= 4 is 24.3 Å². The van der Waals surface area contributed by atoms with Crippen molar-refractivity contribution in [1.82, 2.24) is 0 Å². The second kappa shape index (κ2) is 13.4. The number of hydrogen-bond donors (Lipinski definition) is 0. The van der Waals surface area contributed by atoms with Gasteiger partial charge in [-0.25, -0.2) is 4.79 Å². The molecular weight excluding hydrogens is 491 g/mol. The lowest BCUT2D eigenvalue weighted by atomic mass is 9.61. The van der Waals surface area contributed by atoms with Gasteiger partial charge in [0.25, 0.3) is 0 Å². The highest BCUT2D eigenvalue weighted by molar-refractivity contribution is 6.76. The summed E-state index contributed by atoms with van der Waals surface area (Å²) in [6, 6.07) is 13.3. The van der Waals surface area contributed by atoms with E-state index < -0.39 is 0 Å². The van der Waals surface area contributed by atoms with E-state index in [4.69, 9.17) is 4.74 Å². The summed E-state index contributed by atoms with van der Waals surface area (Å²) in [7, 11) is 0. The van der Waals surface area contributed by atoms with Crippen LogP contribution in [0.4, 0.5) is 11.4 Å². The molecule has 4 nitrogen and oxygen atoms in total. The third kappa shape index (κ3) is 6.24. The van der Waals surface area contributed by atoms with Crippen molar-refractivity contribution < 1.29 is 9.53 Å². The van der Waals surface area contributed by atoms with Crippen molar-refractivity contribution in [3.05, 3.63) is 94.8 Å². The average Bonchev–Trinajstić information content (AvgIpc) is 3.34. The standard InChI is InChI=1S/C35H49BN2O2/c1-12-16-32(35(39)40-13-2)27(11)36-37(33-28(23(3)4)17-14-18-29(33)24(5)6)21-22-38(36)34-30(25(7)8)19-15-20-31(34)26(9)10/h12,14-15,17-26H,1,13,16H2,2-11H3/b32-27-. The number of esters is 1. The van der Waals surface area contributed by atoms with Gasteiger partial charge < -0.3 is 14.4 Å². The molecule has 0 saturated carbocycles. The molecule has 1 aliphatic heterocycles. The third-order valence-corrected chi connectivity index (χ3v) is 7.85. The Balaban J connectivity index is 2.42. The Kier molecular flexibility index (Phi) is 10.5. The Morgan fingerprint density at radius 2 is 1.18 bits per heavy atom. The minimum Gasteiger partial charge on any atom is -0.463 e. The largest absolute Gasteiger partial charge is 0.463 e. The fraction of sp³-hybridized carbons (Fsp3) is 0.457. The molecule has 40 heavy (non-hydrogen) atoms. The Labute approximate surface area is 243 Å². The molecule has 0 aromatic heterocycles. The van der Waals surface area contributed by atoms with Crippen LogP contribution in [0.5, 0.6) is 0 Å². The Morgan fingerprint density at radius 3 is 1.48 bits per heavy atom. The summed E-state index contributed by atoms with van der Waals surface area (Å²) in [6.07, 6.45) is 6.67. The van der Waals surface area contributed by atoms with Crippen LogP contribution in [0, 0.1) is 0 Å². The van der Waals surface area contributed by atoms with E-state index in [0.29, 0.717) is 42.3 Å². The minimum atomic E-state index is -0.269. The number of rotatable bonds is 11. The van der Waals surface area contributed by atoms with Gasteiger partial charge in [0.2, 0.25) is 0 Å². The summed E-state index contributed by atoms with van der Waals surface area (Å²) in [4.78, 5) is 18.1. The molecule has 0 fully saturated rings. The number of anilines is 2. The summed E-state index contributed by atoms with van der Waals surface area (Å²) >= 11 is 0. The number of carbonyl (C=O) groups is 1. The maximum absolute atomic E-state index is 13.3. The van der Waals surface area contributed by atoms with Crippen molar-refractivity contribution in [2.75, 3.05) is 16.2 Å². The summed E-state index contributed by atoms with van der Waals surface area (Å²) in [6.45, 7) is 26.1. The number of allylic oxidation sites excluding steroid dienone is 2. The van der Waals surface area contributed by atoms with Crippen LogP contribution >= 0.6 is 0 Å². The summed E-state index contributed by atoms with van der Waals surface area (Å²) in [5.41, 5.74) is 9.32. The number of carbonyl (C=O) groups excluding carboxylic acids is 1. The molecule has 0 radical (unpaired) electrons. The van der Waals surface area contributed by atoms with Gasteiger partial charge in [-0.05, 0) is 71.7 Å². The molecule has 0 saturated heterocycles. The van der Waals surface area contributed by atoms with E-state index in [2.05, 4.69) is 127 Å². The number of hydrogen-bond acceptors (Lipinski definition) is 4. The SMILES string of the molecule is C=CC/C(C(=O)OCC)=C(\C)B1N(c2c(C(C)C)cccc2C(C)C)C=CN1c1c(C(C)C)cccc1C(C)C. The van der Waals surface area contributed by atoms with Gasteiger partial charge in [-0.1, -0.05) is 97.9 Å². The number of benzene rings is 2. The monoisotopic (exact) mass is 540 g/mol. The van der Waals surface area contributed by atoms with Crippen molar-refractivity contribution in [3.8, 4) is 0 Å². The number of nitrogens with zero attached hydrogens (tertiary/aromatic N) is 2. The average molecular weight is 541 g/mol. The molecule has 214 valence electrons. The molecule has 0 spiro atoms. The first-order valence-electron chi connectivity index (χ1n) is 14.9. The highest BCUT2D eigenvalue weighted by Crippen LogP contribution is 2.43. The van der Waals surface area contributed by atoms with E-state index >= 15 is 0 Å². The van der Waals surface area contributed by atoms with Crippen LogP contribution in [0.3, 0.4) is 0 Å². The second-order valence-corrected chi connectivity index (χ2v) is 12.1.